The lowest BCUT2D eigenvalue weighted by Gasteiger charge is -2.12. The van der Waals surface area contributed by atoms with E-state index in [1.54, 1.807) is 0 Å². The quantitative estimate of drug-likeness (QED) is 0.548. The highest BCUT2D eigenvalue weighted by Gasteiger charge is 2.09. The molecular weight excluding hydrogens is 322 g/mol. The van der Waals surface area contributed by atoms with Crippen molar-refractivity contribution in [1.82, 2.24) is 20.4 Å². The Morgan fingerprint density at radius 3 is 2.54 bits per heavy atom. The van der Waals surface area contributed by atoms with Crippen molar-refractivity contribution >= 4 is 16.7 Å². The Hall–Kier alpha value is -2.82. The number of nitrogens with zero attached hydrogens (tertiary/aromatic N) is 3. The minimum absolute atomic E-state index is 0.644. The minimum atomic E-state index is 0.644. The van der Waals surface area contributed by atoms with E-state index in [1.807, 2.05) is 18.7 Å². The molecule has 0 spiro atoms. The Bertz CT molecular complexity index is 923. The molecule has 0 aliphatic rings. The summed E-state index contributed by atoms with van der Waals surface area (Å²) in [4.78, 5) is 4.74. The first kappa shape index (κ1) is 18.0. The Labute approximate surface area is 155 Å². The summed E-state index contributed by atoms with van der Waals surface area (Å²) in [6.07, 6.45) is 0. The molecule has 1 heterocycles. The lowest BCUT2D eigenvalue weighted by Crippen LogP contribution is -2.37. The average Bonchev–Trinajstić information content (AvgIpc) is 2.89. The molecule has 5 heteroatoms. The van der Waals surface area contributed by atoms with E-state index < -0.39 is 0 Å². The van der Waals surface area contributed by atoms with E-state index in [9.17, 15) is 0 Å². The van der Waals surface area contributed by atoms with E-state index in [-0.39, 0.29) is 0 Å². The van der Waals surface area contributed by atoms with Crippen LogP contribution in [0.5, 0.6) is 0 Å². The van der Waals surface area contributed by atoms with E-state index in [1.165, 1.54) is 27.6 Å². The van der Waals surface area contributed by atoms with Crippen LogP contribution in [0.1, 0.15) is 29.4 Å². The van der Waals surface area contributed by atoms with Crippen LogP contribution in [0.3, 0.4) is 0 Å². The number of hydrogen-bond acceptors (Lipinski definition) is 2. The molecule has 0 aliphatic carbocycles. The van der Waals surface area contributed by atoms with Gasteiger partial charge in [-0.25, -0.2) is 4.99 Å². The maximum absolute atomic E-state index is 4.74. The monoisotopic (exact) mass is 349 g/mol. The van der Waals surface area contributed by atoms with Gasteiger partial charge in [0.1, 0.15) is 0 Å². The van der Waals surface area contributed by atoms with Gasteiger partial charge in [-0.1, -0.05) is 36.4 Å². The second-order valence-electron chi connectivity index (χ2n) is 6.50. The van der Waals surface area contributed by atoms with Crippen LogP contribution in [0.2, 0.25) is 0 Å². The maximum Gasteiger partial charge on any atom is 0.191 e. The number of aliphatic imine (C=N–C) groups is 1. The molecule has 5 nitrogen and oxygen atoms in total. The standard InChI is InChI=1S/C21H27N5/c1-5-22-21(24-14-20-15(2)25-26(4)16(20)3)23-13-17-10-11-18-8-6-7-9-19(18)12-17/h6-12H,5,13-14H2,1-4H3,(H2,22,23,24). The molecule has 3 rings (SSSR count). The van der Waals surface area contributed by atoms with E-state index in [0.717, 1.165) is 24.7 Å². The van der Waals surface area contributed by atoms with Crippen LogP contribution in [-0.2, 0) is 20.1 Å². The Balaban J connectivity index is 1.71. The van der Waals surface area contributed by atoms with E-state index in [2.05, 4.69) is 72.0 Å². The molecule has 3 aromatic rings. The third kappa shape index (κ3) is 4.04. The van der Waals surface area contributed by atoms with Crippen molar-refractivity contribution in [1.29, 1.82) is 0 Å². The van der Waals surface area contributed by atoms with Crippen molar-refractivity contribution in [3.8, 4) is 0 Å². The van der Waals surface area contributed by atoms with Crippen molar-refractivity contribution in [2.75, 3.05) is 6.54 Å². The van der Waals surface area contributed by atoms with E-state index in [0.29, 0.717) is 6.54 Å². The molecule has 0 fully saturated rings. The SMILES string of the molecule is CCNC(=NCc1ccc2ccccc2c1)NCc1c(C)nn(C)c1C. The van der Waals surface area contributed by atoms with Crippen molar-refractivity contribution < 1.29 is 0 Å². The highest BCUT2D eigenvalue weighted by molar-refractivity contribution is 5.83. The first-order valence-corrected chi connectivity index (χ1v) is 9.07. The summed E-state index contributed by atoms with van der Waals surface area (Å²) in [5.41, 5.74) is 4.67. The van der Waals surface area contributed by atoms with Crippen LogP contribution < -0.4 is 10.6 Å². The van der Waals surface area contributed by atoms with Crippen molar-refractivity contribution in [3.05, 3.63) is 65.0 Å². The first-order valence-electron chi connectivity index (χ1n) is 9.07. The largest absolute Gasteiger partial charge is 0.357 e. The molecule has 0 amide bonds. The summed E-state index contributed by atoms with van der Waals surface area (Å²) < 4.78 is 1.92. The highest BCUT2D eigenvalue weighted by Crippen LogP contribution is 2.16. The van der Waals surface area contributed by atoms with Gasteiger partial charge in [0, 0.05) is 31.4 Å². The first-order chi connectivity index (χ1) is 12.6. The van der Waals surface area contributed by atoms with E-state index in [4.69, 9.17) is 4.99 Å². The normalized spacial score (nSPS) is 11.8. The predicted octanol–water partition coefficient (Wildman–Crippen LogP) is 3.45. The van der Waals surface area contributed by atoms with Crippen LogP contribution in [-0.4, -0.2) is 22.3 Å². The zero-order valence-corrected chi connectivity index (χ0v) is 16.0. The fourth-order valence-corrected chi connectivity index (χ4v) is 3.09. The number of aryl methyl sites for hydroxylation is 2. The minimum Gasteiger partial charge on any atom is -0.357 e. The predicted molar refractivity (Wildman–Crippen MR) is 108 cm³/mol. The van der Waals surface area contributed by atoms with Crippen LogP contribution in [0.4, 0.5) is 0 Å². The van der Waals surface area contributed by atoms with Gasteiger partial charge in [-0.05, 0) is 43.2 Å². The highest BCUT2D eigenvalue weighted by atomic mass is 15.3. The zero-order valence-electron chi connectivity index (χ0n) is 16.0. The fraction of sp³-hybridized carbons (Fsp3) is 0.333. The number of benzene rings is 2. The van der Waals surface area contributed by atoms with Gasteiger partial charge in [0.25, 0.3) is 0 Å². The van der Waals surface area contributed by atoms with Gasteiger partial charge in [0.15, 0.2) is 5.96 Å². The third-order valence-electron chi connectivity index (χ3n) is 4.67. The molecule has 1 aromatic heterocycles. The van der Waals surface area contributed by atoms with Crippen LogP contribution in [0, 0.1) is 13.8 Å². The maximum atomic E-state index is 4.74. The summed E-state index contributed by atoms with van der Waals surface area (Å²) in [6.45, 7) is 8.40. The number of guanidine groups is 1. The molecule has 0 atom stereocenters. The molecular formula is C21H27N5. The number of rotatable bonds is 5. The zero-order chi connectivity index (χ0) is 18.5. The topological polar surface area (TPSA) is 54.2 Å². The molecule has 0 radical (unpaired) electrons. The van der Waals surface area contributed by atoms with Gasteiger partial charge in [-0.3, -0.25) is 4.68 Å². The average molecular weight is 349 g/mol. The lowest BCUT2D eigenvalue weighted by molar-refractivity contribution is 0.728. The number of fused-ring (bicyclic) bond motifs is 1. The third-order valence-corrected chi connectivity index (χ3v) is 4.67. The summed E-state index contributed by atoms with van der Waals surface area (Å²) in [5.74, 6) is 0.823. The van der Waals surface area contributed by atoms with Gasteiger partial charge >= 0.3 is 0 Å². The Morgan fingerprint density at radius 1 is 1.08 bits per heavy atom. The Morgan fingerprint density at radius 2 is 1.85 bits per heavy atom. The summed E-state index contributed by atoms with van der Waals surface area (Å²) in [5, 5.41) is 13.7. The number of hydrogen-bond donors (Lipinski definition) is 2. The number of nitrogens with one attached hydrogen (secondary N) is 2. The lowest BCUT2D eigenvalue weighted by atomic mass is 10.1. The molecule has 0 bridgehead atoms. The molecule has 136 valence electrons. The molecule has 0 saturated heterocycles. The second-order valence-corrected chi connectivity index (χ2v) is 6.50. The van der Waals surface area contributed by atoms with Gasteiger partial charge in [-0.2, -0.15) is 5.10 Å². The van der Waals surface area contributed by atoms with E-state index >= 15 is 0 Å². The van der Waals surface area contributed by atoms with Gasteiger partial charge in [-0.15, -0.1) is 0 Å². The summed E-state index contributed by atoms with van der Waals surface area (Å²) in [7, 11) is 1.98. The van der Waals surface area contributed by atoms with Gasteiger partial charge in [0.2, 0.25) is 0 Å². The summed E-state index contributed by atoms with van der Waals surface area (Å²) in [6, 6.07) is 14.9. The molecule has 0 unspecified atom stereocenters. The number of aromatic nitrogens is 2. The van der Waals surface area contributed by atoms with Crippen molar-refractivity contribution in [2.45, 2.75) is 33.9 Å². The van der Waals surface area contributed by atoms with Crippen molar-refractivity contribution in [2.24, 2.45) is 12.0 Å². The van der Waals surface area contributed by atoms with Crippen LogP contribution in [0.15, 0.2) is 47.5 Å². The summed E-state index contributed by atoms with van der Waals surface area (Å²) >= 11 is 0. The molecule has 2 N–H and O–H groups in total. The van der Waals surface area contributed by atoms with Gasteiger partial charge in [0.05, 0.1) is 12.2 Å². The second kappa shape index (κ2) is 8.04. The van der Waals surface area contributed by atoms with Crippen LogP contribution in [0.25, 0.3) is 10.8 Å². The smallest absolute Gasteiger partial charge is 0.191 e. The molecule has 2 aromatic carbocycles. The fourth-order valence-electron chi connectivity index (χ4n) is 3.09. The molecule has 0 aliphatic heterocycles. The van der Waals surface area contributed by atoms with Crippen LogP contribution >= 0.6 is 0 Å². The van der Waals surface area contributed by atoms with Crippen molar-refractivity contribution in [3.63, 3.8) is 0 Å². The molecule has 26 heavy (non-hydrogen) atoms. The van der Waals surface area contributed by atoms with Gasteiger partial charge < -0.3 is 10.6 Å². The Kier molecular flexibility index (Phi) is 5.56. The molecule has 0 saturated carbocycles.